The topological polar surface area (TPSA) is 41.1 Å². The summed E-state index contributed by atoms with van der Waals surface area (Å²) in [5, 5.41) is 5.28. The zero-order valence-corrected chi connectivity index (χ0v) is 9.81. The molecule has 1 aliphatic rings. The van der Waals surface area contributed by atoms with Gasteiger partial charge < -0.3 is 10.6 Å². The Balaban J connectivity index is 2.49. The number of carbonyl (C=O) groups is 1. The quantitative estimate of drug-likeness (QED) is 0.773. The first-order chi connectivity index (χ1) is 7.41. The molecule has 0 aromatic heterocycles. The SMILES string of the molecule is CC(C)=C(F)C(C)NC(=O)[C@@H]1C[C@@H](F)CN1. The van der Waals surface area contributed by atoms with Gasteiger partial charge in [-0.2, -0.15) is 0 Å². The highest BCUT2D eigenvalue weighted by Gasteiger charge is 2.30. The number of hydrogen-bond donors (Lipinski definition) is 2. The Kier molecular flexibility index (Phi) is 4.41. The monoisotopic (exact) mass is 232 g/mol. The van der Waals surface area contributed by atoms with E-state index in [1.54, 1.807) is 20.8 Å². The molecule has 92 valence electrons. The number of rotatable bonds is 3. The molecule has 0 aromatic rings. The molecule has 1 aliphatic heterocycles. The van der Waals surface area contributed by atoms with Gasteiger partial charge in [0.1, 0.15) is 12.0 Å². The van der Waals surface area contributed by atoms with E-state index in [1.807, 2.05) is 0 Å². The Hall–Kier alpha value is -0.970. The molecule has 0 bridgehead atoms. The van der Waals surface area contributed by atoms with E-state index in [2.05, 4.69) is 10.6 Å². The highest BCUT2D eigenvalue weighted by Crippen LogP contribution is 2.13. The Labute approximate surface area is 94.3 Å². The van der Waals surface area contributed by atoms with Gasteiger partial charge in [0.2, 0.25) is 5.91 Å². The van der Waals surface area contributed by atoms with Gasteiger partial charge in [0.15, 0.2) is 0 Å². The Morgan fingerprint density at radius 3 is 2.56 bits per heavy atom. The van der Waals surface area contributed by atoms with E-state index in [9.17, 15) is 13.6 Å². The molecule has 1 saturated heterocycles. The van der Waals surface area contributed by atoms with Crippen LogP contribution in [0, 0.1) is 0 Å². The van der Waals surface area contributed by atoms with Crippen LogP contribution in [0.1, 0.15) is 27.2 Å². The van der Waals surface area contributed by atoms with Gasteiger partial charge in [0, 0.05) is 13.0 Å². The van der Waals surface area contributed by atoms with Crippen LogP contribution in [0.4, 0.5) is 8.78 Å². The minimum absolute atomic E-state index is 0.162. The minimum Gasteiger partial charge on any atom is -0.346 e. The number of hydrogen-bond acceptors (Lipinski definition) is 2. The van der Waals surface area contributed by atoms with Crippen molar-refractivity contribution in [1.82, 2.24) is 10.6 Å². The molecule has 5 heteroatoms. The number of carbonyl (C=O) groups excluding carboxylic acids is 1. The van der Waals surface area contributed by atoms with Gasteiger partial charge in [-0.25, -0.2) is 8.78 Å². The summed E-state index contributed by atoms with van der Waals surface area (Å²) in [6.45, 7) is 5.05. The molecular weight excluding hydrogens is 214 g/mol. The van der Waals surface area contributed by atoms with Crippen molar-refractivity contribution in [1.29, 1.82) is 0 Å². The third kappa shape index (κ3) is 3.27. The molecule has 0 saturated carbocycles. The fourth-order valence-corrected chi connectivity index (χ4v) is 1.70. The van der Waals surface area contributed by atoms with Gasteiger partial charge in [-0.1, -0.05) is 0 Å². The third-order valence-electron chi connectivity index (χ3n) is 2.61. The molecule has 1 fully saturated rings. The summed E-state index contributed by atoms with van der Waals surface area (Å²) in [4.78, 5) is 11.6. The molecule has 0 spiro atoms. The third-order valence-corrected chi connectivity index (χ3v) is 2.61. The summed E-state index contributed by atoms with van der Waals surface area (Å²) in [5.41, 5.74) is 0.538. The molecule has 1 amide bonds. The molecule has 0 radical (unpaired) electrons. The van der Waals surface area contributed by atoms with Gasteiger partial charge in [0.05, 0.1) is 12.1 Å². The lowest BCUT2D eigenvalue weighted by Gasteiger charge is -2.16. The smallest absolute Gasteiger partial charge is 0.237 e. The molecule has 1 unspecified atom stereocenters. The maximum absolute atomic E-state index is 13.4. The van der Waals surface area contributed by atoms with E-state index in [0.717, 1.165) is 0 Å². The second-order valence-electron chi connectivity index (χ2n) is 4.37. The zero-order valence-electron chi connectivity index (χ0n) is 9.81. The number of amides is 1. The predicted octanol–water partition coefficient (Wildman–Crippen LogP) is 1.45. The maximum atomic E-state index is 13.4. The average Bonchev–Trinajstić information content (AvgIpc) is 2.63. The van der Waals surface area contributed by atoms with E-state index < -0.39 is 18.3 Å². The highest BCUT2D eigenvalue weighted by molar-refractivity contribution is 5.82. The first kappa shape index (κ1) is 13.1. The van der Waals surface area contributed by atoms with Crippen molar-refractivity contribution in [2.75, 3.05) is 6.54 Å². The fraction of sp³-hybridized carbons (Fsp3) is 0.727. The fourth-order valence-electron chi connectivity index (χ4n) is 1.70. The van der Waals surface area contributed by atoms with Gasteiger partial charge in [0.25, 0.3) is 0 Å². The number of nitrogens with one attached hydrogen (secondary N) is 2. The number of allylic oxidation sites excluding steroid dienone is 1. The molecule has 0 aliphatic carbocycles. The average molecular weight is 232 g/mol. The van der Waals surface area contributed by atoms with E-state index >= 15 is 0 Å². The number of halogens is 2. The van der Waals surface area contributed by atoms with Gasteiger partial charge in [-0.05, 0) is 26.3 Å². The second-order valence-corrected chi connectivity index (χ2v) is 4.37. The van der Waals surface area contributed by atoms with Crippen LogP contribution >= 0.6 is 0 Å². The molecule has 16 heavy (non-hydrogen) atoms. The van der Waals surface area contributed by atoms with Crippen LogP contribution in [0.15, 0.2) is 11.4 Å². The summed E-state index contributed by atoms with van der Waals surface area (Å²) >= 11 is 0. The van der Waals surface area contributed by atoms with Crippen LogP contribution in [0.5, 0.6) is 0 Å². The van der Waals surface area contributed by atoms with Crippen molar-refractivity contribution in [2.24, 2.45) is 0 Å². The van der Waals surface area contributed by atoms with Gasteiger partial charge >= 0.3 is 0 Å². The lowest BCUT2D eigenvalue weighted by molar-refractivity contribution is -0.123. The predicted molar refractivity (Wildman–Crippen MR) is 58.4 cm³/mol. The lowest BCUT2D eigenvalue weighted by atomic mass is 10.1. The summed E-state index contributed by atoms with van der Waals surface area (Å²) in [7, 11) is 0. The van der Waals surface area contributed by atoms with Crippen molar-refractivity contribution in [3.8, 4) is 0 Å². The second kappa shape index (κ2) is 5.39. The van der Waals surface area contributed by atoms with E-state index in [0.29, 0.717) is 5.57 Å². The summed E-state index contributed by atoms with van der Waals surface area (Å²) in [5.74, 6) is -0.688. The zero-order chi connectivity index (χ0) is 12.3. The van der Waals surface area contributed by atoms with Crippen molar-refractivity contribution >= 4 is 5.91 Å². The molecule has 3 atom stereocenters. The number of alkyl halides is 1. The molecule has 3 nitrogen and oxygen atoms in total. The Bertz CT molecular complexity index is 300. The molecule has 1 heterocycles. The molecular formula is C11H18F2N2O. The summed E-state index contributed by atoms with van der Waals surface area (Å²) in [6, 6.07) is -1.19. The minimum atomic E-state index is -0.987. The van der Waals surface area contributed by atoms with Crippen molar-refractivity contribution in [3.63, 3.8) is 0 Å². The van der Waals surface area contributed by atoms with Crippen molar-refractivity contribution in [2.45, 2.75) is 45.4 Å². The molecule has 2 N–H and O–H groups in total. The van der Waals surface area contributed by atoms with Crippen LogP contribution in [0.3, 0.4) is 0 Å². The molecule has 0 aromatic carbocycles. The van der Waals surface area contributed by atoms with Crippen LogP contribution in [-0.2, 0) is 4.79 Å². The lowest BCUT2D eigenvalue weighted by Crippen LogP contribution is -2.44. The van der Waals surface area contributed by atoms with Crippen molar-refractivity contribution < 1.29 is 13.6 Å². The van der Waals surface area contributed by atoms with Crippen LogP contribution in [0.25, 0.3) is 0 Å². The summed E-state index contributed by atoms with van der Waals surface area (Å²) < 4.78 is 26.2. The van der Waals surface area contributed by atoms with Crippen LogP contribution < -0.4 is 10.6 Å². The van der Waals surface area contributed by atoms with Crippen LogP contribution in [-0.4, -0.2) is 30.7 Å². The normalized spacial score (nSPS) is 26.3. The maximum Gasteiger partial charge on any atom is 0.237 e. The van der Waals surface area contributed by atoms with E-state index in [1.165, 1.54) is 0 Å². The largest absolute Gasteiger partial charge is 0.346 e. The van der Waals surface area contributed by atoms with Crippen LogP contribution in [0.2, 0.25) is 0 Å². The standard InChI is InChI=1S/C11H18F2N2O/c1-6(2)10(13)7(3)15-11(16)9-4-8(12)5-14-9/h7-9,14H,4-5H2,1-3H3,(H,15,16)/t7?,8-,9+/m1/s1. The van der Waals surface area contributed by atoms with Gasteiger partial charge in [-0.3, -0.25) is 4.79 Å². The summed E-state index contributed by atoms with van der Waals surface area (Å²) in [6.07, 6.45) is -0.825. The first-order valence-corrected chi connectivity index (χ1v) is 5.42. The van der Waals surface area contributed by atoms with E-state index in [4.69, 9.17) is 0 Å². The van der Waals surface area contributed by atoms with E-state index in [-0.39, 0.29) is 24.7 Å². The Morgan fingerprint density at radius 1 is 1.50 bits per heavy atom. The first-order valence-electron chi connectivity index (χ1n) is 5.42. The van der Waals surface area contributed by atoms with Gasteiger partial charge in [-0.15, -0.1) is 0 Å². The van der Waals surface area contributed by atoms with Crippen molar-refractivity contribution in [3.05, 3.63) is 11.4 Å². The Morgan fingerprint density at radius 2 is 2.12 bits per heavy atom. The molecule has 1 rings (SSSR count). The highest BCUT2D eigenvalue weighted by atomic mass is 19.1.